The molecule has 0 radical (unpaired) electrons. The molecule has 13 aromatic rings. The van der Waals surface area contributed by atoms with Crippen LogP contribution in [0.1, 0.15) is 0 Å². The van der Waals surface area contributed by atoms with Gasteiger partial charge in [-0.05, 0) is 143 Å². The number of hydrogen-bond donors (Lipinski definition) is 0. The fourth-order valence-electron chi connectivity index (χ4n) is 13.8. The molecule has 372 valence electrons. The number of nitrogens with zero attached hydrogens (tertiary/aromatic N) is 5. The summed E-state index contributed by atoms with van der Waals surface area (Å²) in [7, 11) is 0. The van der Waals surface area contributed by atoms with Crippen molar-refractivity contribution in [2.45, 2.75) is 9.79 Å². The number of aromatic nitrogens is 1. The molecule has 0 amide bonds. The van der Waals surface area contributed by atoms with E-state index in [1.54, 1.807) is 0 Å². The first kappa shape index (κ1) is 45.2. The minimum atomic E-state index is -0.0938. The highest BCUT2D eigenvalue weighted by molar-refractivity contribution is 8.00. The maximum Gasteiger partial charge on any atom is 0.252 e. The average Bonchev–Trinajstić information content (AvgIpc) is 4.08. The topological polar surface area (TPSA) is 17.9 Å². The minimum Gasteiger partial charge on any atom is -0.311 e. The summed E-state index contributed by atoms with van der Waals surface area (Å²) >= 11 is 1.90. The number of benzene rings is 12. The molecule has 5 nitrogen and oxygen atoms in total. The van der Waals surface area contributed by atoms with Crippen LogP contribution < -0.4 is 52.4 Å². The zero-order valence-electron chi connectivity index (χ0n) is 43.4. The van der Waals surface area contributed by atoms with Gasteiger partial charge < -0.3 is 24.2 Å². The lowest BCUT2D eigenvalue weighted by Gasteiger charge is -2.44. The van der Waals surface area contributed by atoms with Gasteiger partial charge in [0.25, 0.3) is 6.71 Å². The van der Waals surface area contributed by atoms with Crippen LogP contribution in [0.5, 0.6) is 0 Å². The molecule has 4 aliphatic rings. The maximum atomic E-state index is 2.65. The van der Waals surface area contributed by atoms with Crippen LogP contribution in [0.4, 0.5) is 68.2 Å². The monoisotopic (exact) mass is 1040 g/mol. The molecule has 4 aliphatic heterocycles. The first-order chi connectivity index (χ1) is 39.7. The van der Waals surface area contributed by atoms with E-state index in [0.717, 1.165) is 45.5 Å². The second kappa shape index (κ2) is 17.8. The Bertz CT molecular complexity index is 4520. The van der Waals surface area contributed by atoms with Crippen LogP contribution in [0.3, 0.4) is 0 Å². The van der Waals surface area contributed by atoms with Gasteiger partial charge in [-0.1, -0.05) is 187 Å². The Hall–Kier alpha value is -9.88. The fourth-order valence-corrected chi connectivity index (χ4v) is 15.0. The zero-order chi connectivity index (χ0) is 52.4. The van der Waals surface area contributed by atoms with Crippen molar-refractivity contribution in [3.63, 3.8) is 0 Å². The second-order valence-corrected chi connectivity index (χ2v) is 22.3. The Morgan fingerprint density at radius 1 is 0.312 bits per heavy atom. The summed E-state index contributed by atoms with van der Waals surface area (Å²) < 4.78 is 2.64. The van der Waals surface area contributed by atoms with Gasteiger partial charge in [0, 0.05) is 83.1 Å². The van der Waals surface area contributed by atoms with E-state index in [9.17, 15) is 0 Å². The SMILES string of the molecule is c1ccc(N(c2ccccc2)c2cc3c4c(c2)N(c2ccccc2)c2c(cc5c6c2c2ccccc2n6-c2cc(N(c6ccccc6)c6ccccc6)cc6c2B5c2ccccc2N6c2ccccc2)B4c2ccccc2S3)cc1. The van der Waals surface area contributed by atoms with E-state index in [0.29, 0.717) is 0 Å². The van der Waals surface area contributed by atoms with Crippen LogP contribution in [0, 0.1) is 0 Å². The van der Waals surface area contributed by atoms with Gasteiger partial charge in [-0.2, -0.15) is 0 Å². The normalized spacial score (nSPS) is 13.1. The molecular formula is C72H47B2N5S. The predicted molar refractivity (Wildman–Crippen MR) is 339 cm³/mol. The van der Waals surface area contributed by atoms with Gasteiger partial charge in [-0.3, -0.25) is 0 Å². The van der Waals surface area contributed by atoms with Gasteiger partial charge in [-0.15, -0.1) is 0 Å². The molecule has 0 N–H and O–H groups in total. The summed E-state index contributed by atoms with van der Waals surface area (Å²) in [5.74, 6) is 0. The van der Waals surface area contributed by atoms with E-state index in [1.165, 1.54) is 92.8 Å². The molecular weight excluding hydrogens is 989 g/mol. The third kappa shape index (κ3) is 6.63. The molecule has 8 heteroatoms. The molecule has 1 aromatic heterocycles. The van der Waals surface area contributed by atoms with Gasteiger partial charge in [-0.25, -0.2) is 0 Å². The molecule has 17 rings (SSSR count). The van der Waals surface area contributed by atoms with Crippen molar-refractivity contribution < 1.29 is 0 Å². The predicted octanol–water partition coefficient (Wildman–Crippen LogP) is 15.1. The van der Waals surface area contributed by atoms with Crippen LogP contribution in [-0.2, 0) is 0 Å². The lowest BCUT2D eigenvalue weighted by atomic mass is 9.31. The summed E-state index contributed by atoms with van der Waals surface area (Å²) in [6, 6.07) is 106. The van der Waals surface area contributed by atoms with Gasteiger partial charge in [0.15, 0.2) is 0 Å². The summed E-state index contributed by atoms with van der Waals surface area (Å²) in [5, 5.41) is 2.49. The molecule has 0 unspecified atom stereocenters. The molecule has 0 atom stereocenters. The van der Waals surface area contributed by atoms with Crippen molar-refractivity contribution >= 4 is 148 Å². The van der Waals surface area contributed by atoms with Crippen LogP contribution in [-0.4, -0.2) is 18.0 Å². The van der Waals surface area contributed by atoms with Crippen molar-refractivity contribution in [1.29, 1.82) is 0 Å². The molecule has 0 aliphatic carbocycles. The Balaban J connectivity index is 1.02. The van der Waals surface area contributed by atoms with E-state index in [1.807, 2.05) is 11.8 Å². The fraction of sp³-hybridized carbons (Fsp3) is 0. The molecule has 12 aromatic carbocycles. The quantitative estimate of drug-likeness (QED) is 0.141. The first-order valence-corrected chi connectivity index (χ1v) is 28.4. The summed E-state index contributed by atoms with van der Waals surface area (Å²) in [6.07, 6.45) is 0. The minimum absolute atomic E-state index is 0.0562. The van der Waals surface area contributed by atoms with Crippen LogP contribution in [0.15, 0.2) is 295 Å². The first-order valence-electron chi connectivity index (χ1n) is 27.6. The van der Waals surface area contributed by atoms with E-state index in [2.05, 4.69) is 309 Å². The van der Waals surface area contributed by atoms with Crippen molar-refractivity contribution in [1.82, 2.24) is 4.57 Å². The molecule has 0 bridgehead atoms. The number of para-hydroxylation sites is 8. The Labute approximate surface area is 470 Å². The third-order valence-electron chi connectivity index (χ3n) is 16.9. The summed E-state index contributed by atoms with van der Waals surface area (Å²) in [5.41, 5.74) is 25.1. The highest BCUT2D eigenvalue weighted by Crippen LogP contribution is 2.52. The molecule has 80 heavy (non-hydrogen) atoms. The number of fused-ring (bicyclic) bond motifs is 12. The largest absolute Gasteiger partial charge is 0.311 e. The molecule has 5 heterocycles. The lowest BCUT2D eigenvalue weighted by Crippen LogP contribution is -2.64. The number of rotatable bonds is 8. The second-order valence-electron chi connectivity index (χ2n) is 21.2. The highest BCUT2D eigenvalue weighted by atomic mass is 32.2. The van der Waals surface area contributed by atoms with Crippen LogP contribution in [0.25, 0.3) is 27.5 Å². The summed E-state index contributed by atoms with van der Waals surface area (Å²) in [6.45, 7) is -0.150. The van der Waals surface area contributed by atoms with Crippen molar-refractivity contribution in [3.8, 4) is 5.69 Å². The van der Waals surface area contributed by atoms with Crippen LogP contribution in [0.2, 0.25) is 0 Å². The summed E-state index contributed by atoms with van der Waals surface area (Å²) in [4.78, 5) is 12.6. The Morgan fingerprint density at radius 3 is 1.39 bits per heavy atom. The Morgan fingerprint density at radius 2 is 0.775 bits per heavy atom. The standard InChI is InChI=1S/C72H47B2N5S/c1-7-25-48(26-8-1)75(49-27-9-2-10-28-49)54-43-63-69-64(44-54)79-61-40-22-19-37-56(61)68-71-59(47-60(72(68)79)73(69)57-38-20-23-41-62(57)77(63)52-33-15-5-16-34-52)74-58-39-21-24-42-66(58)80-67-46-55(45-65(70(67)74)78(71)53-35-17-6-18-36-53)76(50-29-11-3-12-30-50)51-31-13-4-14-32-51/h1-47H. The number of anilines is 12. The molecule has 0 spiro atoms. The average molecular weight is 1040 g/mol. The molecule has 0 saturated carbocycles. The van der Waals surface area contributed by atoms with Gasteiger partial charge >= 0.3 is 0 Å². The Kier molecular flexibility index (Phi) is 10.1. The van der Waals surface area contributed by atoms with Crippen molar-refractivity contribution in [3.05, 3.63) is 285 Å². The lowest BCUT2D eigenvalue weighted by molar-refractivity contribution is 1.16. The number of hydrogen-bond acceptors (Lipinski definition) is 5. The molecule has 0 fully saturated rings. The van der Waals surface area contributed by atoms with Crippen molar-refractivity contribution in [2.75, 3.05) is 19.6 Å². The van der Waals surface area contributed by atoms with Crippen molar-refractivity contribution in [2.24, 2.45) is 0 Å². The van der Waals surface area contributed by atoms with E-state index in [4.69, 9.17) is 0 Å². The van der Waals surface area contributed by atoms with Gasteiger partial charge in [0.2, 0.25) is 6.71 Å². The van der Waals surface area contributed by atoms with Gasteiger partial charge in [0.05, 0.1) is 22.4 Å². The van der Waals surface area contributed by atoms with Crippen LogP contribution >= 0.6 is 11.8 Å². The molecule has 0 saturated heterocycles. The van der Waals surface area contributed by atoms with E-state index in [-0.39, 0.29) is 13.4 Å². The maximum absolute atomic E-state index is 2.65. The van der Waals surface area contributed by atoms with Gasteiger partial charge in [0.1, 0.15) is 0 Å². The zero-order valence-corrected chi connectivity index (χ0v) is 44.3. The smallest absolute Gasteiger partial charge is 0.252 e. The third-order valence-corrected chi connectivity index (χ3v) is 18.0. The van der Waals surface area contributed by atoms with E-state index >= 15 is 0 Å². The van der Waals surface area contributed by atoms with E-state index < -0.39 is 0 Å². The highest BCUT2D eigenvalue weighted by Gasteiger charge is 2.48.